The van der Waals surface area contributed by atoms with Crippen molar-refractivity contribution in [3.05, 3.63) is 88.2 Å². The number of pyridine rings is 1. The highest BCUT2D eigenvalue weighted by molar-refractivity contribution is 6.31. The number of carbonyl (C=O) groups excluding carboxylic acids is 1. The topological polar surface area (TPSA) is 57.7 Å². The number of alkyl halides is 3. The van der Waals surface area contributed by atoms with Crippen molar-refractivity contribution in [1.82, 2.24) is 9.88 Å². The first-order valence-corrected chi connectivity index (χ1v) is 12.1. The summed E-state index contributed by atoms with van der Waals surface area (Å²) in [5, 5.41) is 3.74. The Kier molecular flexibility index (Phi) is 8.58. The van der Waals surface area contributed by atoms with Gasteiger partial charge in [0.1, 0.15) is 10.9 Å². The lowest BCUT2D eigenvalue weighted by molar-refractivity contribution is -0.274. The minimum absolute atomic E-state index is 0.238. The molecule has 0 aliphatic carbocycles. The van der Waals surface area contributed by atoms with E-state index in [1.54, 1.807) is 30.3 Å². The van der Waals surface area contributed by atoms with Gasteiger partial charge in [-0.25, -0.2) is 4.98 Å². The summed E-state index contributed by atoms with van der Waals surface area (Å²) in [6, 6.07) is 14.2. The lowest BCUT2D eigenvalue weighted by Gasteiger charge is -2.36. The second-order valence-electron chi connectivity index (χ2n) is 8.29. The van der Waals surface area contributed by atoms with Gasteiger partial charge in [0, 0.05) is 49.5 Å². The summed E-state index contributed by atoms with van der Waals surface area (Å²) in [4.78, 5) is 21.1. The highest BCUT2D eigenvalue weighted by Crippen LogP contribution is 2.31. The van der Waals surface area contributed by atoms with Crippen molar-refractivity contribution in [2.45, 2.75) is 6.36 Å². The van der Waals surface area contributed by atoms with Crippen LogP contribution in [-0.2, 0) is 0 Å². The van der Waals surface area contributed by atoms with Gasteiger partial charge in [-0.1, -0.05) is 47.5 Å². The van der Waals surface area contributed by atoms with Crippen molar-refractivity contribution < 1.29 is 22.7 Å². The van der Waals surface area contributed by atoms with Crippen molar-refractivity contribution in [2.24, 2.45) is 0 Å². The van der Waals surface area contributed by atoms with Crippen LogP contribution in [0.4, 0.5) is 24.5 Å². The molecular weight excluding hydrogens is 528 g/mol. The number of halogens is 5. The zero-order valence-electron chi connectivity index (χ0n) is 19.5. The normalized spacial score (nSPS) is 14.7. The molecule has 3 aromatic rings. The maximum Gasteiger partial charge on any atom is 0.573 e. The molecule has 0 radical (unpaired) electrons. The average Bonchev–Trinajstić information content (AvgIpc) is 2.86. The van der Waals surface area contributed by atoms with Gasteiger partial charge in [0.15, 0.2) is 0 Å². The van der Waals surface area contributed by atoms with Crippen LogP contribution in [0.15, 0.2) is 66.9 Å². The SMILES string of the molecule is O=C(Nc1ccc(Cl)cc1N1CCN(C/C=C/c2ccc(OC(F)(F)F)cc2)CC1)c1ccnc(Cl)c1. The van der Waals surface area contributed by atoms with Crippen LogP contribution in [0.1, 0.15) is 15.9 Å². The van der Waals surface area contributed by atoms with Gasteiger partial charge in [0.05, 0.1) is 11.4 Å². The Morgan fingerprint density at radius 3 is 2.43 bits per heavy atom. The number of aromatic nitrogens is 1. The van der Waals surface area contributed by atoms with E-state index in [4.69, 9.17) is 23.2 Å². The van der Waals surface area contributed by atoms with Gasteiger partial charge in [0.2, 0.25) is 0 Å². The fourth-order valence-electron chi connectivity index (χ4n) is 3.90. The summed E-state index contributed by atoms with van der Waals surface area (Å²) < 4.78 is 40.8. The average molecular weight is 551 g/mol. The molecule has 1 saturated heterocycles. The van der Waals surface area contributed by atoms with E-state index in [1.807, 2.05) is 18.2 Å². The van der Waals surface area contributed by atoms with Gasteiger partial charge in [-0.05, 0) is 48.0 Å². The Morgan fingerprint density at radius 2 is 1.76 bits per heavy atom. The zero-order valence-corrected chi connectivity index (χ0v) is 21.0. The first-order chi connectivity index (χ1) is 17.7. The van der Waals surface area contributed by atoms with Crippen LogP contribution in [0.2, 0.25) is 10.2 Å². The number of anilines is 2. The van der Waals surface area contributed by atoms with E-state index in [2.05, 4.69) is 24.8 Å². The van der Waals surface area contributed by atoms with Crippen LogP contribution in [0.5, 0.6) is 5.75 Å². The Balaban J connectivity index is 1.33. The molecular formula is C26H23Cl2F3N4O2. The van der Waals surface area contributed by atoms with E-state index in [9.17, 15) is 18.0 Å². The second kappa shape index (κ2) is 11.9. The first kappa shape index (κ1) is 26.8. The molecule has 1 fully saturated rings. The fraction of sp³-hybridized carbons (Fsp3) is 0.231. The summed E-state index contributed by atoms with van der Waals surface area (Å²) in [6.07, 6.45) is 0.607. The summed E-state index contributed by atoms with van der Waals surface area (Å²) in [5.41, 5.74) is 2.66. The molecule has 6 nitrogen and oxygen atoms in total. The lowest BCUT2D eigenvalue weighted by Crippen LogP contribution is -2.46. The molecule has 2 aromatic carbocycles. The van der Waals surface area contributed by atoms with Crippen LogP contribution in [0, 0.1) is 0 Å². The van der Waals surface area contributed by atoms with Gasteiger partial charge >= 0.3 is 6.36 Å². The summed E-state index contributed by atoms with van der Waals surface area (Å²) in [5.74, 6) is -0.545. The molecule has 2 heterocycles. The molecule has 37 heavy (non-hydrogen) atoms. The molecule has 1 amide bonds. The molecule has 0 unspecified atom stereocenters. The van der Waals surface area contributed by atoms with E-state index in [0.717, 1.165) is 37.4 Å². The maximum absolute atomic E-state index is 12.7. The molecule has 1 aromatic heterocycles. The number of nitrogens with zero attached hydrogens (tertiary/aromatic N) is 3. The maximum atomic E-state index is 12.7. The first-order valence-electron chi connectivity index (χ1n) is 11.4. The summed E-state index contributed by atoms with van der Waals surface area (Å²) >= 11 is 12.2. The molecule has 4 rings (SSSR count). The molecule has 194 valence electrons. The van der Waals surface area contributed by atoms with E-state index in [-0.39, 0.29) is 16.8 Å². The summed E-state index contributed by atoms with van der Waals surface area (Å²) in [6.45, 7) is 3.70. The molecule has 0 bridgehead atoms. The highest BCUT2D eigenvalue weighted by atomic mass is 35.5. The monoisotopic (exact) mass is 550 g/mol. The number of amides is 1. The van der Waals surface area contributed by atoms with E-state index in [0.29, 0.717) is 22.8 Å². The third kappa shape index (κ3) is 7.85. The summed E-state index contributed by atoms with van der Waals surface area (Å²) in [7, 11) is 0. The molecule has 0 saturated carbocycles. The highest BCUT2D eigenvalue weighted by Gasteiger charge is 2.30. The Hall–Kier alpha value is -3.27. The number of piperazine rings is 1. The van der Waals surface area contributed by atoms with Crippen molar-refractivity contribution in [3.8, 4) is 5.75 Å². The molecule has 0 spiro atoms. The Bertz CT molecular complexity index is 1260. The Labute approximate surface area is 222 Å². The smallest absolute Gasteiger partial charge is 0.406 e. The van der Waals surface area contributed by atoms with Gasteiger partial charge < -0.3 is 15.0 Å². The number of rotatable bonds is 7. The van der Waals surface area contributed by atoms with Gasteiger partial charge in [0.25, 0.3) is 5.91 Å². The third-order valence-corrected chi connectivity index (χ3v) is 6.14. The molecule has 1 N–H and O–H groups in total. The third-order valence-electron chi connectivity index (χ3n) is 5.70. The van der Waals surface area contributed by atoms with Crippen molar-refractivity contribution in [1.29, 1.82) is 0 Å². The zero-order chi connectivity index (χ0) is 26.4. The fourth-order valence-corrected chi connectivity index (χ4v) is 4.24. The van der Waals surface area contributed by atoms with Gasteiger partial charge in [-0.15, -0.1) is 13.2 Å². The number of carbonyl (C=O) groups is 1. The van der Waals surface area contributed by atoms with Crippen molar-refractivity contribution in [2.75, 3.05) is 42.9 Å². The molecule has 1 aliphatic rings. The van der Waals surface area contributed by atoms with Crippen LogP contribution in [-0.4, -0.2) is 54.9 Å². The lowest BCUT2D eigenvalue weighted by atomic mass is 10.2. The molecule has 11 heteroatoms. The van der Waals surface area contributed by atoms with Crippen LogP contribution in [0.3, 0.4) is 0 Å². The standard InChI is InChI=1S/C26H23Cl2F3N4O2/c27-20-5-8-22(33-25(36)19-9-10-32-24(28)16-19)23(17-20)35-14-12-34(13-15-35)11-1-2-18-3-6-21(7-4-18)37-26(29,30)31/h1-10,16-17H,11-15H2,(H,33,36)/b2-1+. The number of nitrogens with one attached hydrogen (secondary N) is 1. The number of hydrogen-bond acceptors (Lipinski definition) is 5. The van der Waals surface area contributed by atoms with Crippen LogP contribution < -0.4 is 15.0 Å². The number of ether oxygens (including phenoxy) is 1. The van der Waals surface area contributed by atoms with Gasteiger partial charge in [-0.3, -0.25) is 9.69 Å². The quantitative estimate of drug-likeness (QED) is 0.346. The molecule has 0 atom stereocenters. The van der Waals surface area contributed by atoms with E-state index >= 15 is 0 Å². The minimum atomic E-state index is -4.70. The van der Waals surface area contributed by atoms with E-state index in [1.165, 1.54) is 24.4 Å². The van der Waals surface area contributed by atoms with Gasteiger partial charge in [-0.2, -0.15) is 0 Å². The predicted molar refractivity (Wildman–Crippen MR) is 139 cm³/mol. The van der Waals surface area contributed by atoms with Crippen LogP contribution in [0.25, 0.3) is 6.08 Å². The number of hydrogen-bond donors (Lipinski definition) is 1. The van der Waals surface area contributed by atoms with Crippen molar-refractivity contribution >= 4 is 46.6 Å². The minimum Gasteiger partial charge on any atom is -0.406 e. The second-order valence-corrected chi connectivity index (χ2v) is 9.11. The number of benzene rings is 2. The molecule has 1 aliphatic heterocycles. The van der Waals surface area contributed by atoms with Crippen LogP contribution >= 0.6 is 23.2 Å². The Morgan fingerprint density at radius 1 is 1.03 bits per heavy atom. The van der Waals surface area contributed by atoms with Crippen molar-refractivity contribution in [3.63, 3.8) is 0 Å². The largest absolute Gasteiger partial charge is 0.573 e. The van der Waals surface area contributed by atoms with E-state index < -0.39 is 6.36 Å². The predicted octanol–water partition coefficient (Wildman–Crippen LogP) is 6.37.